The molecule has 0 atom stereocenters. The van der Waals surface area contributed by atoms with Crippen molar-refractivity contribution in [2.75, 3.05) is 5.32 Å². The molecule has 4 N–H and O–H groups in total. The highest BCUT2D eigenvalue weighted by atomic mass is 16.6. The second kappa shape index (κ2) is 6.66. The van der Waals surface area contributed by atoms with Crippen molar-refractivity contribution in [3.05, 3.63) is 63.2 Å². The van der Waals surface area contributed by atoms with Gasteiger partial charge in [-0.1, -0.05) is 0 Å². The highest BCUT2D eigenvalue weighted by Gasteiger charge is 2.17. The van der Waals surface area contributed by atoms with Crippen molar-refractivity contribution in [3.63, 3.8) is 0 Å². The smallest absolute Gasteiger partial charge is 0.335 e. The summed E-state index contributed by atoms with van der Waals surface area (Å²) in [7, 11) is 0. The Hall–Kier alpha value is -3.95. The van der Waals surface area contributed by atoms with Crippen molar-refractivity contribution in [2.45, 2.75) is 0 Å². The molecule has 2 aromatic rings. The Balaban J connectivity index is 2.34. The Morgan fingerprint density at radius 2 is 1.48 bits per heavy atom. The number of phenols is 1. The maximum Gasteiger partial charge on any atom is 0.335 e. The molecule has 0 saturated heterocycles. The molecule has 0 aliphatic rings. The van der Waals surface area contributed by atoms with Crippen molar-refractivity contribution >= 4 is 29.2 Å². The van der Waals surface area contributed by atoms with E-state index in [1.807, 2.05) is 0 Å². The first-order valence-corrected chi connectivity index (χ1v) is 6.59. The zero-order valence-electron chi connectivity index (χ0n) is 12.3. The van der Waals surface area contributed by atoms with Crippen LogP contribution < -0.4 is 5.32 Å². The Morgan fingerprint density at radius 1 is 0.920 bits per heavy atom. The van der Waals surface area contributed by atoms with Gasteiger partial charge in [0.25, 0.3) is 5.91 Å². The van der Waals surface area contributed by atoms with Crippen LogP contribution in [0.2, 0.25) is 0 Å². The predicted octanol–water partition coefficient (Wildman–Crippen LogP) is 1.95. The number of nitrogens with one attached hydrogen (secondary N) is 1. The van der Waals surface area contributed by atoms with E-state index in [1.165, 1.54) is 0 Å². The molecule has 2 aromatic carbocycles. The Kier molecular flexibility index (Phi) is 4.64. The van der Waals surface area contributed by atoms with E-state index in [9.17, 15) is 29.6 Å². The Morgan fingerprint density at radius 3 is 1.92 bits per heavy atom. The van der Waals surface area contributed by atoms with E-state index in [0.717, 1.165) is 36.4 Å². The first-order chi connectivity index (χ1) is 11.7. The molecule has 0 unspecified atom stereocenters. The molecule has 0 aliphatic heterocycles. The molecule has 0 bridgehead atoms. The van der Waals surface area contributed by atoms with E-state index in [1.54, 1.807) is 0 Å². The van der Waals surface area contributed by atoms with Crippen LogP contribution in [-0.2, 0) is 0 Å². The number of aromatic hydroxyl groups is 1. The summed E-state index contributed by atoms with van der Waals surface area (Å²) in [6.07, 6.45) is 0. The van der Waals surface area contributed by atoms with Crippen LogP contribution in [0.1, 0.15) is 31.1 Å². The molecule has 0 spiro atoms. The number of hydrogen-bond donors (Lipinski definition) is 4. The molecular weight excluding hydrogens is 336 g/mol. The molecule has 0 saturated carbocycles. The summed E-state index contributed by atoms with van der Waals surface area (Å²) < 4.78 is 0. The summed E-state index contributed by atoms with van der Waals surface area (Å²) >= 11 is 0. The van der Waals surface area contributed by atoms with Crippen molar-refractivity contribution in [2.24, 2.45) is 0 Å². The van der Waals surface area contributed by atoms with Crippen molar-refractivity contribution < 1.29 is 34.6 Å². The van der Waals surface area contributed by atoms with Gasteiger partial charge in [0, 0.05) is 17.3 Å². The molecular formula is C15H10N2O8. The minimum Gasteiger partial charge on any atom is -0.502 e. The summed E-state index contributed by atoms with van der Waals surface area (Å²) in [5.74, 6) is -4.30. The number of carbonyl (C=O) groups excluding carboxylic acids is 1. The fraction of sp³-hybridized carbons (Fsp3) is 0. The molecule has 25 heavy (non-hydrogen) atoms. The average molecular weight is 346 g/mol. The quantitative estimate of drug-likeness (QED) is 0.470. The monoisotopic (exact) mass is 346 g/mol. The molecule has 0 aromatic heterocycles. The average Bonchev–Trinajstić information content (AvgIpc) is 2.53. The number of carboxylic acid groups (broad SMARTS) is 2. The number of nitro benzene ring substituents is 1. The summed E-state index contributed by atoms with van der Waals surface area (Å²) in [5, 5.41) is 40.4. The van der Waals surface area contributed by atoms with E-state index < -0.39 is 34.2 Å². The molecule has 1 amide bonds. The molecule has 2 rings (SSSR count). The van der Waals surface area contributed by atoms with Crippen LogP contribution in [0.15, 0.2) is 36.4 Å². The first-order valence-electron chi connectivity index (χ1n) is 6.59. The number of hydrogen-bond acceptors (Lipinski definition) is 6. The van der Waals surface area contributed by atoms with Gasteiger partial charge in [-0.2, -0.15) is 0 Å². The topological polar surface area (TPSA) is 167 Å². The Labute approximate surface area is 139 Å². The highest BCUT2D eigenvalue weighted by molar-refractivity contribution is 6.06. The van der Waals surface area contributed by atoms with E-state index in [4.69, 9.17) is 10.2 Å². The van der Waals surface area contributed by atoms with Crippen LogP contribution in [0.4, 0.5) is 11.4 Å². The van der Waals surface area contributed by atoms with E-state index in [-0.39, 0.29) is 22.4 Å². The van der Waals surface area contributed by atoms with Crippen LogP contribution in [0, 0.1) is 10.1 Å². The van der Waals surface area contributed by atoms with Crippen molar-refractivity contribution in [3.8, 4) is 5.75 Å². The maximum atomic E-state index is 12.1. The molecule has 10 nitrogen and oxygen atoms in total. The van der Waals surface area contributed by atoms with Gasteiger partial charge in [0.1, 0.15) is 0 Å². The van der Waals surface area contributed by atoms with Gasteiger partial charge in [-0.05, 0) is 30.3 Å². The first kappa shape index (κ1) is 17.4. The van der Waals surface area contributed by atoms with Crippen molar-refractivity contribution in [1.82, 2.24) is 0 Å². The van der Waals surface area contributed by atoms with Crippen LogP contribution in [-0.4, -0.2) is 38.1 Å². The number of phenolic OH excluding ortho intramolecular Hbond substituents is 1. The zero-order chi connectivity index (χ0) is 18.7. The fourth-order valence-corrected chi connectivity index (χ4v) is 1.97. The summed E-state index contributed by atoms with van der Waals surface area (Å²) in [5.41, 5.74) is -1.51. The molecule has 0 heterocycles. The number of carbonyl (C=O) groups is 3. The summed E-state index contributed by atoms with van der Waals surface area (Å²) in [6.45, 7) is 0. The van der Waals surface area contributed by atoms with Gasteiger partial charge in [0.05, 0.1) is 16.1 Å². The normalized spacial score (nSPS) is 10.1. The van der Waals surface area contributed by atoms with E-state index in [2.05, 4.69) is 5.32 Å². The largest absolute Gasteiger partial charge is 0.502 e. The number of carboxylic acids is 2. The third-order valence-electron chi connectivity index (χ3n) is 3.12. The predicted molar refractivity (Wildman–Crippen MR) is 83.1 cm³/mol. The van der Waals surface area contributed by atoms with Crippen molar-refractivity contribution in [1.29, 1.82) is 0 Å². The number of anilines is 1. The second-order valence-electron chi connectivity index (χ2n) is 4.82. The fourth-order valence-electron chi connectivity index (χ4n) is 1.97. The number of nitro groups is 1. The third-order valence-corrected chi connectivity index (χ3v) is 3.12. The van der Waals surface area contributed by atoms with Gasteiger partial charge in [0.2, 0.25) is 0 Å². The van der Waals surface area contributed by atoms with Gasteiger partial charge in [-0.15, -0.1) is 0 Å². The molecule has 0 aliphatic carbocycles. The third kappa shape index (κ3) is 3.88. The van der Waals surface area contributed by atoms with E-state index in [0.29, 0.717) is 0 Å². The number of rotatable bonds is 5. The number of nitrogens with zero attached hydrogens (tertiary/aromatic N) is 1. The second-order valence-corrected chi connectivity index (χ2v) is 4.82. The van der Waals surface area contributed by atoms with Crippen LogP contribution in [0.5, 0.6) is 5.75 Å². The Bertz CT molecular complexity index is 874. The number of aromatic carboxylic acids is 2. The van der Waals surface area contributed by atoms with Gasteiger partial charge in [0.15, 0.2) is 5.75 Å². The highest BCUT2D eigenvalue weighted by Crippen LogP contribution is 2.26. The minimum atomic E-state index is -1.38. The SMILES string of the molecule is O=C(O)c1cc(NC(=O)c2ccc([N+](=O)[O-])c(O)c2)cc(C(=O)O)c1. The molecule has 0 fully saturated rings. The minimum absolute atomic E-state index is 0.0971. The zero-order valence-corrected chi connectivity index (χ0v) is 12.3. The maximum absolute atomic E-state index is 12.1. The summed E-state index contributed by atoms with van der Waals surface area (Å²) in [6, 6.07) is 5.92. The molecule has 128 valence electrons. The lowest BCUT2D eigenvalue weighted by Crippen LogP contribution is -2.13. The van der Waals surface area contributed by atoms with Gasteiger partial charge >= 0.3 is 17.6 Å². The van der Waals surface area contributed by atoms with Crippen LogP contribution in [0.25, 0.3) is 0 Å². The van der Waals surface area contributed by atoms with Gasteiger partial charge < -0.3 is 20.6 Å². The standard InChI is InChI=1S/C15H10N2O8/c18-12-6-7(1-2-11(12)17(24)25)13(19)16-10-4-8(14(20)21)3-9(5-10)15(22)23/h1-6,18H,(H,16,19)(H,20,21)(H,22,23). The lowest BCUT2D eigenvalue weighted by Gasteiger charge is -2.08. The number of amides is 1. The van der Waals surface area contributed by atoms with Crippen LogP contribution in [0.3, 0.4) is 0 Å². The van der Waals surface area contributed by atoms with E-state index >= 15 is 0 Å². The molecule has 10 heteroatoms. The lowest BCUT2D eigenvalue weighted by atomic mass is 10.1. The lowest BCUT2D eigenvalue weighted by molar-refractivity contribution is -0.385. The van der Waals surface area contributed by atoms with Gasteiger partial charge in [-0.3, -0.25) is 14.9 Å². The van der Waals surface area contributed by atoms with Crippen LogP contribution >= 0.6 is 0 Å². The molecule has 0 radical (unpaired) electrons. The van der Waals surface area contributed by atoms with Gasteiger partial charge in [-0.25, -0.2) is 9.59 Å². The number of benzene rings is 2. The summed E-state index contributed by atoms with van der Waals surface area (Å²) in [4.78, 5) is 44.0.